The van der Waals surface area contributed by atoms with E-state index in [1.165, 1.54) is 6.07 Å². The first-order valence-corrected chi connectivity index (χ1v) is 9.62. The van der Waals surface area contributed by atoms with Crippen molar-refractivity contribution < 1.29 is 16.8 Å². The van der Waals surface area contributed by atoms with Gasteiger partial charge in [-0.15, -0.1) is 10.2 Å². The molecule has 1 saturated heterocycles. The minimum absolute atomic E-state index is 0.106. The van der Waals surface area contributed by atoms with Crippen molar-refractivity contribution in [3.8, 4) is 0 Å². The summed E-state index contributed by atoms with van der Waals surface area (Å²) >= 11 is 0. The molecule has 1 aliphatic rings. The van der Waals surface area contributed by atoms with Gasteiger partial charge in [-0.25, -0.2) is 16.8 Å². The zero-order valence-electron chi connectivity index (χ0n) is 11.1. The zero-order chi connectivity index (χ0) is 15.0. The summed E-state index contributed by atoms with van der Waals surface area (Å²) in [6.07, 6.45) is 1.59. The summed E-state index contributed by atoms with van der Waals surface area (Å²) < 4.78 is 47.2. The van der Waals surface area contributed by atoms with Gasteiger partial charge in [0.2, 0.25) is 10.0 Å². The number of aromatic nitrogens is 2. The van der Waals surface area contributed by atoms with E-state index in [2.05, 4.69) is 14.9 Å². The van der Waals surface area contributed by atoms with E-state index in [1.807, 2.05) is 0 Å². The van der Waals surface area contributed by atoms with E-state index in [0.717, 1.165) is 6.26 Å². The maximum atomic E-state index is 11.4. The summed E-state index contributed by atoms with van der Waals surface area (Å²) in [5, 5.41) is 7.67. The topological polar surface area (TPSA) is 109 Å². The lowest BCUT2D eigenvalue weighted by Gasteiger charge is -2.23. The van der Waals surface area contributed by atoms with Crippen molar-refractivity contribution in [2.24, 2.45) is 0 Å². The smallest absolute Gasteiger partial charge is 0.231 e. The van der Waals surface area contributed by atoms with E-state index in [0.29, 0.717) is 12.2 Å². The third kappa shape index (κ3) is 3.79. The normalized spacial score (nSPS) is 21.6. The van der Waals surface area contributed by atoms with Crippen LogP contribution in [0.3, 0.4) is 0 Å². The molecular formula is C10H16N4O4S2. The molecule has 1 aliphatic heterocycles. The quantitative estimate of drug-likeness (QED) is 0.794. The van der Waals surface area contributed by atoms with Crippen LogP contribution in [0.2, 0.25) is 0 Å². The highest BCUT2D eigenvalue weighted by Gasteiger charge is 2.31. The number of hydrogen-bond acceptors (Lipinski definition) is 7. The number of sulfonamides is 1. The van der Waals surface area contributed by atoms with Gasteiger partial charge < -0.3 is 4.90 Å². The summed E-state index contributed by atoms with van der Waals surface area (Å²) in [5.41, 5.74) is 0. The lowest BCUT2D eigenvalue weighted by Crippen LogP contribution is -2.33. The maximum absolute atomic E-state index is 11.4. The molecule has 1 aromatic heterocycles. The van der Waals surface area contributed by atoms with Crippen LogP contribution in [0.15, 0.2) is 12.1 Å². The first-order valence-electron chi connectivity index (χ1n) is 5.91. The molecule has 20 heavy (non-hydrogen) atoms. The summed E-state index contributed by atoms with van der Waals surface area (Å²) in [4.78, 5) is 1.75. The van der Waals surface area contributed by atoms with Crippen LogP contribution >= 0.6 is 0 Å². The molecular weight excluding hydrogens is 304 g/mol. The lowest BCUT2D eigenvalue weighted by molar-refractivity contribution is 0.600. The standard InChI is InChI=1S/C10H16N4O4S2/c1-14(8-5-6-20(17,18)7-8)10-4-3-9(11-12-10)13-19(2,15)16/h3-4,8H,5-7H2,1-2H3,(H,11,13). The fourth-order valence-corrected chi connectivity index (χ4v) is 4.29. The molecule has 0 amide bonds. The highest BCUT2D eigenvalue weighted by Crippen LogP contribution is 2.21. The van der Waals surface area contributed by atoms with Crippen molar-refractivity contribution in [2.75, 3.05) is 34.4 Å². The van der Waals surface area contributed by atoms with Crippen LogP contribution in [0.5, 0.6) is 0 Å². The molecule has 8 nitrogen and oxygen atoms in total. The second-order valence-electron chi connectivity index (χ2n) is 4.82. The number of sulfone groups is 1. The average Bonchev–Trinajstić information content (AvgIpc) is 2.68. The van der Waals surface area contributed by atoms with Crippen molar-refractivity contribution in [3.63, 3.8) is 0 Å². The Morgan fingerprint density at radius 3 is 2.50 bits per heavy atom. The van der Waals surface area contributed by atoms with Gasteiger partial charge in [-0.1, -0.05) is 0 Å². The molecule has 1 N–H and O–H groups in total. The van der Waals surface area contributed by atoms with Crippen molar-refractivity contribution >= 4 is 31.5 Å². The van der Waals surface area contributed by atoms with Crippen LogP contribution in [0.25, 0.3) is 0 Å². The third-order valence-electron chi connectivity index (χ3n) is 3.06. The fraction of sp³-hybridized carbons (Fsp3) is 0.600. The predicted molar refractivity (Wildman–Crippen MR) is 76.0 cm³/mol. The van der Waals surface area contributed by atoms with Gasteiger partial charge in [0, 0.05) is 13.1 Å². The van der Waals surface area contributed by atoms with Crippen LogP contribution in [0.4, 0.5) is 11.6 Å². The number of hydrogen-bond donors (Lipinski definition) is 1. The van der Waals surface area contributed by atoms with Crippen LogP contribution in [-0.2, 0) is 19.9 Å². The summed E-state index contributed by atoms with van der Waals surface area (Å²) in [6.45, 7) is 0. The Balaban J connectivity index is 2.10. The summed E-state index contributed by atoms with van der Waals surface area (Å²) in [6, 6.07) is 2.97. The molecule has 10 heteroatoms. The number of nitrogens with one attached hydrogen (secondary N) is 1. The molecule has 2 heterocycles. The third-order valence-corrected chi connectivity index (χ3v) is 5.39. The van der Waals surface area contributed by atoms with Gasteiger partial charge in [-0.2, -0.15) is 0 Å². The van der Waals surface area contributed by atoms with Crippen molar-refractivity contribution in [3.05, 3.63) is 12.1 Å². The Hall–Kier alpha value is -1.42. The van der Waals surface area contributed by atoms with E-state index >= 15 is 0 Å². The second-order valence-corrected chi connectivity index (χ2v) is 8.80. The highest BCUT2D eigenvalue weighted by atomic mass is 32.2. The van der Waals surface area contributed by atoms with Gasteiger partial charge in [0.05, 0.1) is 17.8 Å². The van der Waals surface area contributed by atoms with Gasteiger partial charge in [0.1, 0.15) is 0 Å². The molecule has 0 saturated carbocycles. The van der Waals surface area contributed by atoms with Crippen LogP contribution in [0.1, 0.15) is 6.42 Å². The Bertz CT molecular complexity index is 684. The maximum Gasteiger partial charge on any atom is 0.231 e. The molecule has 1 fully saturated rings. The molecule has 2 rings (SSSR count). The molecule has 1 unspecified atom stereocenters. The molecule has 112 valence electrons. The SMILES string of the molecule is CN(c1ccc(NS(C)(=O)=O)nn1)C1CCS(=O)(=O)C1. The van der Waals surface area contributed by atoms with Crippen molar-refractivity contribution in [1.82, 2.24) is 10.2 Å². The zero-order valence-corrected chi connectivity index (χ0v) is 12.8. The molecule has 1 atom stereocenters. The Kier molecular flexibility index (Phi) is 3.87. The van der Waals surface area contributed by atoms with Gasteiger partial charge >= 0.3 is 0 Å². The average molecular weight is 320 g/mol. The Morgan fingerprint density at radius 2 is 2.05 bits per heavy atom. The van der Waals surface area contributed by atoms with Crippen molar-refractivity contribution in [1.29, 1.82) is 0 Å². The van der Waals surface area contributed by atoms with E-state index < -0.39 is 19.9 Å². The first-order chi connectivity index (χ1) is 9.16. The van der Waals surface area contributed by atoms with Crippen LogP contribution in [0, 0.1) is 0 Å². The van der Waals surface area contributed by atoms with E-state index in [4.69, 9.17) is 0 Å². The molecule has 1 aromatic rings. The van der Waals surface area contributed by atoms with E-state index in [-0.39, 0.29) is 23.4 Å². The minimum Gasteiger partial charge on any atom is -0.354 e. The molecule has 0 aliphatic carbocycles. The van der Waals surface area contributed by atoms with Crippen molar-refractivity contribution in [2.45, 2.75) is 12.5 Å². The van der Waals surface area contributed by atoms with Gasteiger partial charge in [-0.3, -0.25) is 4.72 Å². The van der Waals surface area contributed by atoms with E-state index in [1.54, 1.807) is 18.0 Å². The molecule has 0 spiro atoms. The van der Waals surface area contributed by atoms with Gasteiger partial charge in [-0.05, 0) is 18.6 Å². The summed E-state index contributed by atoms with van der Waals surface area (Å²) in [7, 11) is -4.60. The Labute approximate surface area is 118 Å². The second kappa shape index (κ2) is 5.17. The van der Waals surface area contributed by atoms with Crippen LogP contribution < -0.4 is 9.62 Å². The van der Waals surface area contributed by atoms with Crippen LogP contribution in [-0.4, -0.2) is 57.9 Å². The molecule has 0 aromatic carbocycles. The largest absolute Gasteiger partial charge is 0.354 e. The fourth-order valence-electron chi connectivity index (χ4n) is 2.03. The number of anilines is 2. The first kappa shape index (κ1) is 15.0. The summed E-state index contributed by atoms with van der Waals surface area (Å²) in [5.74, 6) is 0.923. The predicted octanol–water partition coefficient (Wildman–Crippen LogP) is -0.529. The monoisotopic (exact) mass is 320 g/mol. The Morgan fingerprint density at radius 1 is 1.35 bits per heavy atom. The van der Waals surface area contributed by atoms with Gasteiger partial charge in [0.25, 0.3) is 0 Å². The number of rotatable bonds is 4. The van der Waals surface area contributed by atoms with E-state index in [9.17, 15) is 16.8 Å². The minimum atomic E-state index is -3.39. The van der Waals surface area contributed by atoms with Gasteiger partial charge in [0.15, 0.2) is 21.5 Å². The highest BCUT2D eigenvalue weighted by molar-refractivity contribution is 7.92. The molecule has 0 radical (unpaired) electrons. The number of nitrogens with zero attached hydrogens (tertiary/aromatic N) is 3. The lowest BCUT2D eigenvalue weighted by atomic mass is 10.2. The molecule has 0 bridgehead atoms.